The zero-order valence-corrected chi connectivity index (χ0v) is 20.5. The Morgan fingerprint density at radius 1 is 0.667 bits per heavy atom. The minimum absolute atomic E-state index is 0.393. The van der Waals surface area contributed by atoms with Crippen LogP contribution >= 0.6 is 0 Å². The first-order valence-electron chi connectivity index (χ1n) is 12.4. The van der Waals surface area contributed by atoms with Crippen LogP contribution in [0.5, 0.6) is 0 Å². The van der Waals surface area contributed by atoms with Gasteiger partial charge in [0.2, 0.25) is 0 Å². The van der Waals surface area contributed by atoms with Crippen LogP contribution in [0, 0.1) is 0 Å². The maximum atomic E-state index is 10.5. The number of nitrogens with zero attached hydrogens (tertiary/aromatic N) is 2. The minimum atomic E-state index is -0.393. The van der Waals surface area contributed by atoms with Crippen molar-refractivity contribution >= 4 is 0 Å². The molecule has 4 N–H and O–H groups in total. The van der Waals surface area contributed by atoms with Gasteiger partial charge in [-0.3, -0.25) is 9.80 Å². The highest BCUT2D eigenvalue weighted by atomic mass is 16.3. The lowest BCUT2D eigenvalue weighted by Gasteiger charge is -2.29. The van der Waals surface area contributed by atoms with Crippen molar-refractivity contribution in [3.05, 3.63) is 71.8 Å². The Morgan fingerprint density at radius 3 is 1.42 bits per heavy atom. The summed E-state index contributed by atoms with van der Waals surface area (Å²) in [4.78, 5) is 4.68. The van der Waals surface area contributed by atoms with E-state index in [1.807, 2.05) is 12.1 Å². The number of benzene rings is 2. The van der Waals surface area contributed by atoms with Gasteiger partial charge in [0.15, 0.2) is 0 Å². The van der Waals surface area contributed by atoms with Crippen molar-refractivity contribution in [1.29, 1.82) is 0 Å². The molecule has 0 aliphatic heterocycles. The second-order valence-corrected chi connectivity index (χ2v) is 8.72. The Kier molecular flexibility index (Phi) is 13.9. The lowest BCUT2D eigenvalue weighted by atomic mass is 10.1. The molecule has 0 saturated heterocycles. The van der Waals surface area contributed by atoms with Gasteiger partial charge in [-0.15, -0.1) is 0 Å². The zero-order chi connectivity index (χ0) is 23.7. The van der Waals surface area contributed by atoms with Crippen LogP contribution in [0.25, 0.3) is 0 Å². The molecule has 2 atom stereocenters. The minimum Gasteiger partial charge on any atom is -0.390 e. The van der Waals surface area contributed by atoms with Crippen LogP contribution in [0.4, 0.5) is 0 Å². The number of aliphatic hydroxyl groups excluding tert-OH is 2. The first kappa shape index (κ1) is 27.4. The van der Waals surface area contributed by atoms with Crippen molar-refractivity contribution in [3.8, 4) is 0 Å². The second-order valence-electron chi connectivity index (χ2n) is 8.72. The molecule has 0 bridgehead atoms. The van der Waals surface area contributed by atoms with Gasteiger partial charge in [-0.05, 0) is 43.7 Å². The van der Waals surface area contributed by atoms with Crippen molar-refractivity contribution in [3.63, 3.8) is 0 Å². The van der Waals surface area contributed by atoms with E-state index in [-0.39, 0.29) is 0 Å². The fourth-order valence-electron chi connectivity index (χ4n) is 4.02. The third-order valence-electron chi connectivity index (χ3n) is 5.64. The monoisotopic (exact) mass is 456 g/mol. The van der Waals surface area contributed by atoms with E-state index in [0.29, 0.717) is 26.2 Å². The van der Waals surface area contributed by atoms with E-state index in [4.69, 9.17) is 0 Å². The van der Waals surface area contributed by atoms with Crippen LogP contribution in [0.1, 0.15) is 31.4 Å². The van der Waals surface area contributed by atoms with Crippen molar-refractivity contribution in [2.45, 2.75) is 45.6 Å². The van der Waals surface area contributed by atoms with Crippen molar-refractivity contribution < 1.29 is 10.2 Å². The summed E-state index contributed by atoms with van der Waals surface area (Å²) in [7, 11) is 0. The predicted molar refractivity (Wildman–Crippen MR) is 137 cm³/mol. The second kappa shape index (κ2) is 16.8. The highest BCUT2D eigenvalue weighted by Gasteiger charge is 2.15. The highest BCUT2D eigenvalue weighted by molar-refractivity contribution is 5.15. The van der Waals surface area contributed by atoms with E-state index in [1.165, 1.54) is 11.1 Å². The lowest BCUT2D eigenvalue weighted by molar-refractivity contribution is 0.0921. The molecular formula is C27H44N4O2. The van der Waals surface area contributed by atoms with E-state index in [2.05, 4.69) is 82.8 Å². The number of hydrogen-bond donors (Lipinski definition) is 4. The van der Waals surface area contributed by atoms with Crippen molar-refractivity contribution in [2.24, 2.45) is 0 Å². The molecular weight excluding hydrogens is 412 g/mol. The average molecular weight is 457 g/mol. The van der Waals surface area contributed by atoms with Gasteiger partial charge in [-0.25, -0.2) is 0 Å². The SMILES string of the molecule is CCNC[C@@H](O)CN(CCCN(Cc1ccccc1)C[C@H](O)CNCC)Cc1ccccc1. The molecule has 0 saturated carbocycles. The van der Waals surface area contributed by atoms with Gasteiger partial charge in [-0.2, -0.15) is 0 Å². The maximum absolute atomic E-state index is 10.5. The van der Waals surface area contributed by atoms with Gasteiger partial charge in [0.05, 0.1) is 12.2 Å². The standard InChI is InChI=1S/C27H44N4O2/c1-3-28-18-26(32)22-30(20-24-12-7-5-8-13-24)16-11-17-31(23-27(33)19-29-4-2)21-25-14-9-6-10-15-25/h5-10,12-15,26-29,32-33H,3-4,11,16-23H2,1-2H3/t26-,27-/m1/s1. The van der Waals surface area contributed by atoms with Crippen LogP contribution in [0.15, 0.2) is 60.7 Å². The van der Waals surface area contributed by atoms with Gasteiger partial charge < -0.3 is 20.8 Å². The summed E-state index contributed by atoms with van der Waals surface area (Å²) >= 11 is 0. The zero-order valence-electron chi connectivity index (χ0n) is 20.5. The van der Waals surface area contributed by atoms with Gasteiger partial charge in [0.25, 0.3) is 0 Å². The molecule has 6 heteroatoms. The molecule has 0 heterocycles. The van der Waals surface area contributed by atoms with E-state index >= 15 is 0 Å². The number of rotatable bonds is 18. The molecule has 184 valence electrons. The Labute approximate surface area is 200 Å². The Bertz CT molecular complexity index is 655. The smallest absolute Gasteiger partial charge is 0.0791 e. The van der Waals surface area contributed by atoms with Crippen molar-refractivity contribution in [1.82, 2.24) is 20.4 Å². The average Bonchev–Trinajstić information content (AvgIpc) is 2.82. The number of aliphatic hydroxyl groups is 2. The van der Waals surface area contributed by atoms with Gasteiger partial charge in [0.1, 0.15) is 0 Å². The summed E-state index contributed by atoms with van der Waals surface area (Å²) in [6.07, 6.45) is 0.189. The molecule has 2 rings (SSSR count). The van der Waals surface area contributed by atoms with E-state index < -0.39 is 12.2 Å². The summed E-state index contributed by atoms with van der Waals surface area (Å²) in [6.45, 7) is 11.8. The molecule has 2 aromatic rings. The lowest BCUT2D eigenvalue weighted by Crippen LogP contribution is -2.41. The summed E-state index contributed by atoms with van der Waals surface area (Å²) in [5.41, 5.74) is 2.52. The molecule has 0 aromatic heterocycles. The Hall–Kier alpha value is -1.80. The van der Waals surface area contributed by atoms with Crippen LogP contribution in [0.2, 0.25) is 0 Å². The molecule has 33 heavy (non-hydrogen) atoms. The maximum Gasteiger partial charge on any atom is 0.0791 e. The first-order chi connectivity index (χ1) is 16.1. The van der Waals surface area contributed by atoms with Gasteiger partial charge >= 0.3 is 0 Å². The van der Waals surface area contributed by atoms with Crippen LogP contribution in [-0.4, -0.2) is 84.6 Å². The quantitative estimate of drug-likeness (QED) is 0.276. The third-order valence-corrected chi connectivity index (χ3v) is 5.64. The molecule has 0 fully saturated rings. The van der Waals surface area contributed by atoms with Crippen LogP contribution < -0.4 is 10.6 Å². The summed E-state index contributed by atoms with van der Waals surface area (Å²) in [5, 5.41) is 27.4. The molecule has 2 aromatic carbocycles. The molecule has 0 radical (unpaired) electrons. The Balaban J connectivity index is 1.94. The van der Waals surface area contributed by atoms with Gasteiger partial charge in [-0.1, -0.05) is 74.5 Å². The van der Waals surface area contributed by atoms with E-state index in [0.717, 1.165) is 45.7 Å². The molecule has 6 nitrogen and oxygen atoms in total. The fraction of sp³-hybridized carbons (Fsp3) is 0.556. The molecule has 0 unspecified atom stereocenters. The summed E-state index contributed by atoms with van der Waals surface area (Å²) in [5.74, 6) is 0. The topological polar surface area (TPSA) is 71.0 Å². The molecule has 0 amide bonds. The molecule has 0 spiro atoms. The summed E-state index contributed by atoms with van der Waals surface area (Å²) in [6, 6.07) is 20.9. The van der Waals surface area contributed by atoms with Crippen LogP contribution in [-0.2, 0) is 13.1 Å². The van der Waals surface area contributed by atoms with Crippen molar-refractivity contribution in [2.75, 3.05) is 52.4 Å². The highest BCUT2D eigenvalue weighted by Crippen LogP contribution is 2.09. The number of hydrogen-bond acceptors (Lipinski definition) is 6. The fourth-order valence-corrected chi connectivity index (χ4v) is 4.02. The molecule has 0 aliphatic rings. The largest absolute Gasteiger partial charge is 0.390 e. The van der Waals surface area contributed by atoms with E-state index in [1.54, 1.807) is 0 Å². The van der Waals surface area contributed by atoms with Crippen LogP contribution in [0.3, 0.4) is 0 Å². The third kappa shape index (κ3) is 12.3. The predicted octanol–water partition coefficient (Wildman–Crippen LogP) is 2.32. The van der Waals surface area contributed by atoms with E-state index in [9.17, 15) is 10.2 Å². The number of nitrogens with one attached hydrogen (secondary N) is 2. The Morgan fingerprint density at radius 2 is 1.06 bits per heavy atom. The summed E-state index contributed by atoms with van der Waals surface area (Å²) < 4.78 is 0. The normalized spacial score (nSPS) is 13.5. The molecule has 0 aliphatic carbocycles. The number of likely N-dealkylation sites (N-methyl/N-ethyl adjacent to an activating group) is 2. The first-order valence-corrected chi connectivity index (χ1v) is 12.4. The van der Waals surface area contributed by atoms with Gasteiger partial charge in [0, 0.05) is 39.3 Å².